The van der Waals surface area contributed by atoms with Crippen LogP contribution in [0.4, 0.5) is 27.6 Å². The molecule has 0 unspecified atom stereocenters. The van der Waals surface area contributed by atoms with Gasteiger partial charge in [0.15, 0.2) is 11.6 Å². The van der Waals surface area contributed by atoms with Crippen molar-refractivity contribution in [1.82, 2.24) is 14.5 Å². The first-order valence-corrected chi connectivity index (χ1v) is 11.7. The van der Waals surface area contributed by atoms with E-state index in [-0.39, 0.29) is 33.7 Å². The van der Waals surface area contributed by atoms with Crippen molar-refractivity contribution in [3.8, 4) is 17.1 Å². The van der Waals surface area contributed by atoms with Gasteiger partial charge in [-0.15, -0.1) is 0 Å². The standard InChI is InChI=1S/C28H21F5N4O2/c1-27(2,3)22-14-34-25(39-22)15-7-12-21-20(13-15)36-26(28(31,32)33)37(21)17-10-8-16(9-11-17)35-24(38)18-5-4-6-19(29)23(18)30/h4-14H,1-3H3,(H,35,38). The summed E-state index contributed by atoms with van der Waals surface area (Å²) in [5.41, 5.74) is 0.235. The van der Waals surface area contributed by atoms with Gasteiger partial charge < -0.3 is 9.73 Å². The molecule has 11 heteroatoms. The van der Waals surface area contributed by atoms with Gasteiger partial charge in [-0.25, -0.2) is 18.7 Å². The lowest BCUT2D eigenvalue weighted by Crippen LogP contribution is -2.15. The number of rotatable bonds is 4. The zero-order valence-corrected chi connectivity index (χ0v) is 20.9. The van der Waals surface area contributed by atoms with E-state index in [0.717, 1.165) is 16.7 Å². The van der Waals surface area contributed by atoms with Crippen LogP contribution in [0.5, 0.6) is 0 Å². The molecule has 5 aromatic rings. The number of hydrogen-bond acceptors (Lipinski definition) is 4. The highest BCUT2D eigenvalue weighted by Crippen LogP contribution is 2.36. The fraction of sp³-hybridized carbons (Fsp3) is 0.179. The molecular weight excluding hydrogens is 519 g/mol. The van der Waals surface area contributed by atoms with Crippen molar-refractivity contribution in [2.24, 2.45) is 0 Å². The summed E-state index contributed by atoms with van der Waals surface area (Å²) in [6.07, 6.45) is -3.19. The number of benzene rings is 3. The zero-order chi connectivity index (χ0) is 28.1. The third-order valence-corrected chi connectivity index (χ3v) is 5.98. The molecule has 39 heavy (non-hydrogen) atoms. The molecule has 0 aliphatic heterocycles. The topological polar surface area (TPSA) is 73.0 Å². The van der Waals surface area contributed by atoms with Crippen LogP contribution >= 0.6 is 0 Å². The van der Waals surface area contributed by atoms with Gasteiger partial charge in [0, 0.05) is 22.4 Å². The van der Waals surface area contributed by atoms with Crippen LogP contribution in [0.15, 0.2) is 71.3 Å². The van der Waals surface area contributed by atoms with Gasteiger partial charge in [0.2, 0.25) is 11.7 Å². The van der Waals surface area contributed by atoms with Gasteiger partial charge in [-0.2, -0.15) is 13.2 Å². The maximum absolute atomic E-state index is 14.0. The molecule has 5 rings (SSSR count). The van der Waals surface area contributed by atoms with Gasteiger partial charge in [0.1, 0.15) is 5.76 Å². The lowest BCUT2D eigenvalue weighted by Gasteiger charge is -2.13. The highest BCUT2D eigenvalue weighted by atomic mass is 19.4. The highest BCUT2D eigenvalue weighted by Gasteiger charge is 2.38. The summed E-state index contributed by atoms with van der Waals surface area (Å²) in [5.74, 6) is -3.63. The number of carbonyl (C=O) groups is 1. The number of imidazole rings is 1. The summed E-state index contributed by atoms with van der Waals surface area (Å²) >= 11 is 0. The Morgan fingerprint density at radius 3 is 2.33 bits per heavy atom. The van der Waals surface area contributed by atoms with E-state index < -0.39 is 35.1 Å². The molecule has 0 atom stereocenters. The van der Waals surface area contributed by atoms with Gasteiger partial charge in [0.05, 0.1) is 22.8 Å². The van der Waals surface area contributed by atoms with Gasteiger partial charge in [0.25, 0.3) is 5.91 Å². The van der Waals surface area contributed by atoms with Crippen LogP contribution in [0.1, 0.15) is 42.7 Å². The van der Waals surface area contributed by atoms with Crippen molar-refractivity contribution in [1.29, 1.82) is 0 Å². The van der Waals surface area contributed by atoms with Crippen molar-refractivity contribution >= 4 is 22.6 Å². The Bertz CT molecular complexity index is 1700. The van der Waals surface area contributed by atoms with Crippen molar-refractivity contribution in [3.05, 3.63) is 95.6 Å². The predicted molar refractivity (Wildman–Crippen MR) is 135 cm³/mol. The van der Waals surface area contributed by atoms with Gasteiger partial charge in [-0.05, 0) is 54.6 Å². The molecule has 0 aliphatic carbocycles. The van der Waals surface area contributed by atoms with Crippen LogP contribution in [0.3, 0.4) is 0 Å². The number of amides is 1. The average molecular weight is 540 g/mol. The number of aromatic nitrogens is 3. The van der Waals surface area contributed by atoms with Crippen LogP contribution in [-0.4, -0.2) is 20.4 Å². The Kier molecular flexibility index (Phi) is 6.24. The summed E-state index contributed by atoms with van der Waals surface area (Å²) in [6, 6.07) is 13.2. The third kappa shape index (κ3) is 4.99. The molecule has 2 heterocycles. The fourth-order valence-electron chi connectivity index (χ4n) is 3.99. The molecule has 2 aromatic heterocycles. The van der Waals surface area contributed by atoms with E-state index in [9.17, 15) is 26.7 Å². The SMILES string of the molecule is CC(C)(C)c1cnc(-c2ccc3c(c2)nc(C(F)(F)F)n3-c2ccc(NC(=O)c3cccc(F)c3F)cc2)o1. The third-order valence-electron chi connectivity index (χ3n) is 5.98. The Labute approximate surface area is 219 Å². The Morgan fingerprint density at radius 2 is 1.69 bits per heavy atom. The molecule has 0 aliphatic rings. The minimum Gasteiger partial charge on any atom is -0.441 e. The number of alkyl halides is 3. The van der Waals surface area contributed by atoms with Crippen LogP contribution in [0.2, 0.25) is 0 Å². The number of nitrogens with zero attached hydrogens (tertiary/aromatic N) is 3. The zero-order valence-electron chi connectivity index (χ0n) is 20.9. The average Bonchev–Trinajstić information content (AvgIpc) is 3.51. The maximum atomic E-state index is 14.0. The van der Waals surface area contributed by atoms with Crippen LogP contribution < -0.4 is 5.32 Å². The molecule has 1 amide bonds. The van der Waals surface area contributed by atoms with Crippen molar-refractivity contribution in [3.63, 3.8) is 0 Å². The van der Waals surface area contributed by atoms with Crippen LogP contribution in [0.25, 0.3) is 28.2 Å². The fourth-order valence-corrected chi connectivity index (χ4v) is 3.99. The number of carbonyl (C=O) groups excluding carboxylic acids is 1. The van der Waals surface area contributed by atoms with E-state index in [0.29, 0.717) is 11.3 Å². The lowest BCUT2D eigenvalue weighted by atomic mass is 9.94. The quantitative estimate of drug-likeness (QED) is 0.239. The second kappa shape index (κ2) is 9.33. The van der Waals surface area contributed by atoms with Crippen molar-refractivity contribution < 1.29 is 31.2 Å². The second-order valence-corrected chi connectivity index (χ2v) is 9.85. The Hall–Kier alpha value is -4.54. The van der Waals surface area contributed by atoms with Crippen molar-refractivity contribution in [2.45, 2.75) is 32.4 Å². The van der Waals surface area contributed by atoms with Crippen molar-refractivity contribution in [2.75, 3.05) is 5.32 Å². The highest BCUT2D eigenvalue weighted by molar-refractivity contribution is 6.04. The summed E-state index contributed by atoms with van der Waals surface area (Å²) in [4.78, 5) is 20.5. The molecule has 3 aromatic carbocycles. The second-order valence-electron chi connectivity index (χ2n) is 9.85. The van der Waals surface area contributed by atoms with Crippen LogP contribution in [-0.2, 0) is 11.6 Å². The molecule has 0 fully saturated rings. The monoisotopic (exact) mass is 540 g/mol. The molecule has 200 valence electrons. The summed E-state index contributed by atoms with van der Waals surface area (Å²) in [6.45, 7) is 5.86. The van der Waals surface area contributed by atoms with Gasteiger partial charge in [-0.3, -0.25) is 9.36 Å². The normalized spacial score (nSPS) is 12.2. The molecule has 6 nitrogen and oxygen atoms in total. The smallest absolute Gasteiger partial charge is 0.441 e. The van der Waals surface area contributed by atoms with E-state index >= 15 is 0 Å². The summed E-state index contributed by atoms with van der Waals surface area (Å²) in [5, 5.41) is 2.41. The van der Waals surface area contributed by atoms with Crippen LogP contribution in [0, 0.1) is 11.6 Å². The number of fused-ring (bicyclic) bond motifs is 1. The number of nitrogens with one attached hydrogen (secondary N) is 1. The van der Waals surface area contributed by atoms with E-state index in [1.165, 1.54) is 42.5 Å². The first-order chi connectivity index (χ1) is 18.3. The van der Waals surface area contributed by atoms with Gasteiger partial charge >= 0.3 is 6.18 Å². The first-order valence-electron chi connectivity index (χ1n) is 11.7. The predicted octanol–water partition coefficient (Wildman–Crippen LogP) is 7.53. The minimum absolute atomic E-state index is 0.0780. The number of halogens is 5. The molecular formula is C28H21F5N4O2. The molecule has 0 radical (unpaired) electrons. The largest absolute Gasteiger partial charge is 0.450 e. The molecule has 0 bridgehead atoms. The molecule has 1 N–H and O–H groups in total. The minimum atomic E-state index is -4.77. The van der Waals surface area contributed by atoms with E-state index in [1.54, 1.807) is 12.3 Å². The Balaban J connectivity index is 1.50. The van der Waals surface area contributed by atoms with E-state index in [2.05, 4.69) is 15.3 Å². The summed E-state index contributed by atoms with van der Waals surface area (Å²) < 4.78 is 76.2. The first kappa shape index (κ1) is 26.1. The number of anilines is 1. The lowest BCUT2D eigenvalue weighted by molar-refractivity contribution is -0.145. The van der Waals surface area contributed by atoms with E-state index in [1.807, 2.05) is 20.8 Å². The van der Waals surface area contributed by atoms with E-state index in [4.69, 9.17) is 4.42 Å². The van der Waals surface area contributed by atoms with Gasteiger partial charge in [-0.1, -0.05) is 26.8 Å². The maximum Gasteiger partial charge on any atom is 0.450 e. The Morgan fingerprint density at radius 1 is 0.974 bits per heavy atom. The number of oxazole rings is 1. The number of hydrogen-bond donors (Lipinski definition) is 1. The molecule has 0 saturated carbocycles. The molecule has 0 spiro atoms. The summed E-state index contributed by atoms with van der Waals surface area (Å²) in [7, 11) is 0. The molecule has 0 saturated heterocycles.